The Morgan fingerprint density at radius 1 is 1.11 bits per heavy atom. The van der Waals surface area contributed by atoms with Gasteiger partial charge in [0.2, 0.25) is 0 Å². The first-order valence-electron chi connectivity index (χ1n) is 9.51. The van der Waals surface area contributed by atoms with Gasteiger partial charge in [0.25, 0.3) is 5.91 Å². The first-order valence-corrected chi connectivity index (χ1v) is 9.51. The fourth-order valence-corrected chi connectivity index (χ4v) is 2.96. The third-order valence-electron chi connectivity index (χ3n) is 4.97. The molecule has 5 nitrogen and oxygen atoms in total. The number of nitrogens with zero attached hydrogens (tertiary/aromatic N) is 2. The van der Waals surface area contributed by atoms with Gasteiger partial charge in [-0.05, 0) is 71.6 Å². The molecule has 0 heterocycles. The maximum Gasteiger partial charge on any atom is 0.253 e. The highest BCUT2D eigenvalue weighted by Crippen LogP contribution is 2.30. The number of rotatable bonds is 8. The topological polar surface area (TPSA) is 55.8 Å². The van der Waals surface area contributed by atoms with Crippen LogP contribution in [-0.2, 0) is 6.42 Å². The predicted octanol–water partition coefficient (Wildman–Crippen LogP) is 4.11. The Hall–Kier alpha value is -2.53. The van der Waals surface area contributed by atoms with Crippen molar-refractivity contribution in [2.24, 2.45) is 0 Å². The lowest BCUT2D eigenvalue weighted by atomic mass is 10.0. The van der Waals surface area contributed by atoms with Crippen LogP contribution in [0.5, 0.6) is 5.75 Å². The van der Waals surface area contributed by atoms with Gasteiger partial charge < -0.3 is 20.2 Å². The number of nitrogens with one attached hydrogen (secondary N) is 1. The summed E-state index contributed by atoms with van der Waals surface area (Å²) in [4.78, 5) is 16.5. The molecule has 2 aromatic carbocycles. The van der Waals surface area contributed by atoms with E-state index in [-0.39, 0.29) is 17.7 Å². The molecule has 1 unspecified atom stereocenters. The standard InChI is InChI=1S/C22H31N3O2/c1-6-25(7-2)22(27)17-10-8-11-18(15-17)23-20-12-9-13-21(26)19(20)14-16(3)24(4)5/h8-13,15-16,23,26H,6-7,14H2,1-5H3. The molecule has 2 aromatic rings. The van der Waals surface area contributed by atoms with Gasteiger partial charge in [0.05, 0.1) is 0 Å². The van der Waals surface area contributed by atoms with Crippen molar-refractivity contribution in [3.05, 3.63) is 53.6 Å². The first-order chi connectivity index (χ1) is 12.9. The van der Waals surface area contributed by atoms with Crippen molar-refractivity contribution in [1.29, 1.82) is 0 Å². The zero-order valence-corrected chi connectivity index (χ0v) is 17.0. The Kier molecular flexibility index (Phi) is 7.25. The van der Waals surface area contributed by atoms with Gasteiger partial charge in [0.15, 0.2) is 0 Å². The van der Waals surface area contributed by atoms with Gasteiger partial charge in [-0.3, -0.25) is 4.79 Å². The van der Waals surface area contributed by atoms with Crippen LogP contribution in [-0.4, -0.2) is 54.0 Å². The average molecular weight is 370 g/mol. The lowest BCUT2D eigenvalue weighted by Crippen LogP contribution is -2.30. The van der Waals surface area contributed by atoms with Crippen molar-refractivity contribution in [3.63, 3.8) is 0 Å². The van der Waals surface area contributed by atoms with Crippen LogP contribution >= 0.6 is 0 Å². The van der Waals surface area contributed by atoms with E-state index in [1.54, 1.807) is 11.0 Å². The third-order valence-corrected chi connectivity index (χ3v) is 4.97. The zero-order valence-electron chi connectivity index (χ0n) is 17.0. The summed E-state index contributed by atoms with van der Waals surface area (Å²) in [6.07, 6.45) is 0.722. The zero-order chi connectivity index (χ0) is 20.0. The lowest BCUT2D eigenvalue weighted by molar-refractivity contribution is 0.0773. The van der Waals surface area contributed by atoms with Gasteiger partial charge in [-0.2, -0.15) is 0 Å². The van der Waals surface area contributed by atoms with Crippen molar-refractivity contribution in [1.82, 2.24) is 9.80 Å². The molecule has 0 saturated carbocycles. The molecule has 0 fully saturated rings. The van der Waals surface area contributed by atoms with E-state index in [0.717, 1.165) is 23.4 Å². The second kappa shape index (κ2) is 9.42. The van der Waals surface area contributed by atoms with Crippen LogP contribution in [0.4, 0.5) is 11.4 Å². The van der Waals surface area contributed by atoms with Crippen LogP contribution in [0, 0.1) is 0 Å². The number of anilines is 2. The molecule has 0 spiro atoms. The van der Waals surface area contributed by atoms with Crippen LogP contribution in [0.3, 0.4) is 0 Å². The Labute approximate surface area is 162 Å². The summed E-state index contributed by atoms with van der Waals surface area (Å²) in [6.45, 7) is 7.46. The van der Waals surface area contributed by atoms with Gasteiger partial charge in [-0.15, -0.1) is 0 Å². The van der Waals surface area contributed by atoms with E-state index in [1.807, 2.05) is 64.3 Å². The number of hydrogen-bond donors (Lipinski definition) is 2. The van der Waals surface area contributed by atoms with E-state index in [1.165, 1.54) is 0 Å². The number of likely N-dealkylation sites (N-methyl/N-ethyl adjacent to an activating group) is 1. The number of phenols is 1. The number of phenolic OH excluding ortho intramolecular Hbond substituents is 1. The average Bonchev–Trinajstić information content (AvgIpc) is 2.65. The molecule has 1 atom stereocenters. The van der Waals surface area contributed by atoms with E-state index in [2.05, 4.69) is 17.1 Å². The van der Waals surface area contributed by atoms with E-state index in [0.29, 0.717) is 18.7 Å². The van der Waals surface area contributed by atoms with Crippen LogP contribution in [0.25, 0.3) is 0 Å². The summed E-state index contributed by atoms with van der Waals surface area (Å²) in [5, 5.41) is 13.7. The van der Waals surface area contributed by atoms with E-state index in [4.69, 9.17) is 0 Å². The lowest BCUT2D eigenvalue weighted by Gasteiger charge is -2.22. The highest BCUT2D eigenvalue weighted by Gasteiger charge is 2.15. The van der Waals surface area contributed by atoms with E-state index in [9.17, 15) is 9.90 Å². The highest BCUT2D eigenvalue weighted by molar-refractivity contribution is 5.95. The molecule has 0 saturated heterocycles. The second-order valence-electron chi connectivity index (χ2n) is 7.00. The quantitative estimate of drug-likeness (QED) is 0.735. The largest absolute Gasteiger partial charge is 0.508 e. The molecule has 0 aromatic heterocycles. The van der Waals surface area contributed by atoms with Gasteiger partial charge in [0.1, 0.15) is 5.75 Å². The molecule has 0 bridgehead atoms. The molecular weight excluding hydrogens is 338 g/mol. The Morgan fingerprint density at radius 3 is 2.41 bits per heavy atom. The molecule has 0 radical (unpaired) electrons. The molecule has 0 aliphatic rings. The molecule has 1 amide bonds. The fourth-order valence-electron chi connectivity index (χ4n) is 2.96. The fraction of sp³-hybridized carbons (Fsp3) is 0.409. The van der Waals surface area contributed by atoms with E-state index >= 15 is 0 Å². The second-order valence-corrected chi connectivity index (χ2v) is 7.00. The molecule has 146 valence electrons. The minimum absolute atomic E-state index is 0.0287. The number of carbonyl (C=O) groups excluding carboxylic acids is 1. The van der Waals surface area contributed by atoms with Gasteiger partial charge >= 0.3 is 0 Å². The summed E-state index contributed by atoms with van der Waals surface area (Å²) >= 11 is 0. The molecule has 5 heteroatoms. The molecular formula is C22H31N3O2. The minimum Gasteiger partial charge on any atom is -0.508 e. The molecule has 27 heavy (non-hydrogen) atoms. The van der Waals surface area contributed by atoms with E-state index < -0.39 is 0 Å². The molecule has 0 aliphatic heterocycles. The molecule has 0 aliphatic carbocycles. The molecule has 2 N–H and O–H groups in total. The van der Waals surface area contributed by atoms with Crippen molar-refractivity contribution < 1.29 is 9.90 Å². The van der Waals surface area contributed by atoms with Crippen LogP contribution in [0.1, 0.15) is 36.7 Å². The van der Waals surface area contributed by atoms with Crippen LogP contribution in [0.15, 0.2) is 42.5 Å². The normalized spacial score (nSPS) is 12.1. The summed E-state index contributed by atoms with van der Waals surface area (Å²) in [5.74, 6) is 0.310. The number of carbonyl (C=O) groups is 1. The Bertz CT molecular complexity index is 770. The maximum atomic E-state index is 12.6. The number of aromatic hydroxyl groups is 1. The monoisotopic (exact) mass is 369 g/mol. The first kappa shape index (κ1) is 20.8. The summed E-state index contributed by atoms with van der Waals surface area (Å²) in [5.41, 5.74) is 3.22. The minimum atomic E-state index is 0.0287. The van der Waals surface area contributed by atoms with Crippen LogP contribution in [0.2, 0.25) is 0 Å². The summed E-state index contributed by atoms with van der Waals surface area (Å²) in [7, 11) is 4.06. The highest BCUT2D eigenvalue weighted by atomic mass is 16.3. The van der Waals surface area contributed by atoms with Crippen LogP contribution < -0.4 is 5.32 Å². The number of benzene rings is 2. The molecule has 2 rings (SSSR count). The van der Waals surface area contributed by atoms with Gasteiger partial charge in [0, 0.05) is 41.6 Å². The van der Waals surface area contributed by atoms with Crippen molar-refractivity contribution in [2.45, 2.75) is 33.2 Å². The third kappa shape index (κ3) is 5.23. The smallest absolute Gasteiger partial charge is 0.253 e. The Balaban J connectivity index is 2.29. The SMILES string of the molecule is CCN(CC)C(=O)c1cccc(Nc2cccc(O)c2CC(C)N(C)C)c1. The van der Waals surface area contributed by atoms with Gasteiger partial charge in [-0.25, -0.2) is 0 Å². The van der Waals surface area contributed by atoms with Crippen molar-refractivity contribution in [2.75, 3.05) is 32.5 Å². The van der Waals surface area contributed by atoms with Crippen molar-refractivity contribution >= 4 is 17.3 Å². The summed E-state index contributed by atoms with van der Waals surface area (Å²) < 4.78 is 0. The van der Waals surface area contributed by atoms with Gasteiger partial charge in [-0.1, -0.05) is 12.1 Å². The predicted molar refractivity (Wildman–Crippen MR) is 112 cm³/mol. The van der Waals surface area contributed by atoms with Crippen molar-refractivity contribution in [3.8, 4) is 5.75 Å². The summed E-state index contributed by atoms with van der Waals surface area (Å²) in [6, 6.07) is 13.3. The maximum absolute atomic E-state index is 12.6. The Morgan fingerprint density at radius 2 is 1.78 bits per heavy atom. The number of hydrogen-bond acceptors (Lipinski definition) is 4. The number of amides is 1.